The summed E-state index contributed by atoms with van der Waals surface area (Å²) in [6.45, 7) is 0. The Labute approximate surface area is 175 Å². The van der Waals surface area contributed by atoms with Gasteiger partial charge in [0.1, 0.15) is 11.7 Å². The summed E-state index contributed by atoms with van der Waals surface area (Å²) in [6, 6.07) is 34.9. The standard InChI is InChI=1S/C27H20O3/c28-26(22-14-8-3-9-15-22)23-16-18-24(19-17-23)30-27(29)25(20-10-4-1-5-11-20)21-12-6-2-7-13-21/h1-19,25H. The van der Waals surface area contributed by atoms with E-state index in [2.05, 4.69) is 0 Å². The fraction of sp³-hybridized carbons (Fsp3) is 0.0370. The predicted molar refractivity (Wildman–Crippen MR) is 117 cm³/mol. The average molecular weight is 392 g/mol. The maximum atomic E-state index is 13.1. The first-order chi connectivity index (χ1) is 14.7. The maximum absolute atomic E-state index is 13.1. The third-order valence-corrected chi connectivity index (χ3v) is 4.87. The molecule has 0 saturated heterocycles. The van der Waals surface area contributed by atoms with Gasteiger partial charge in [-0.3, -0.25) is 9.59 Å². The van der Waals surface area contributed by atoms with Gasteiger partial charge in [0.15, 0.2) is 5.78 Å². The molecule has 0 aliphatic rings. The van der Waals surface area contributed by atoms with E-state index in [-0.39, 0.29) is 11.8 Å². The molecule has 4 rings (SSSR count). The minimum Gasteiger partial charge on any atom is -0.426 e. The maximum Gasteiger partial charge on any atom is 0.323 e. The van der Waals surface area contributed by atoms with Crippen molar-refractivity contribution in [3.63, 3.8) is 0 Å². The van der Waals surface area contributed by atoms with Crippen molar-refractivity contribution in [3.8, 4) is 5.75 Å². The van der Waals surface area contributed by atoms with Crippen molar-refractivity contribution in [2.75, 3.05) is 0 Å². The molecule has 0 aromatic heterocycles. The molecule has 3 nitrogen and oxygen atoms in total. The molecule has 0 bridgehead atoms. The molecule has 0 amide bonds. The van der Waals surface area contributed by atoms with Gasteiger partial charge in [-0.15, -0.1) is 0 Å². The van der Waals surface area contributed by atoms with E-state index in [0.29, 0.717) is 16.9 Å². The number of carbonyl (C=O) groups is 2. The molecule has 30 heavy (non-hydrogen) atoms. The van der Waals surface area contributed by atoms with Crippen LogP contribution in [-0.4, -0.2) is 11.8 Å². The van der Waals surface area contributed by atoms with E-state index in [9.17, 15) is 9.59 Å². The van der Waals surface area contributed by atoms with Crippen LogP contribution in [0.3, 0.4) is 0 Å². The van der Waals surface area contributed by atoms with E-state index in [1.165, 1.54) is 0 Å². The molecule has 3 heteroatoms. The van der Waals surface area contributed by atoms with Gasteiger partial charge in [-0.2, -0.15) is 0 Å². The van der Waals surface area contributed by atoms with Crippen LogP contribution in [0.5, 0.6) is 5.75 Å². The molecule has 146 valence electrons. The first-order valence-electron chi connectivity index (χ1n) is 9.74. The second kappa shape index (κ2) is 9.01. The minimum absolute atomic E-state index is 0.0695. The van der Waals surface area contributed by atoms with Gasteiger partial charge in [0.05, 0.1) is 0 Å². The highest BCUT2D eigenvalue weighted by Gasteiger charge is 2.24. The highest BCUT2D eigenvalue weighted by molar-refractivity contribution is 6.09. The summed E-state index contributed by atoms with van der Waals surface area (Å²) >= 11 is 0. The number of ketones is 1. The Bertz CT molecular complexity index is 1080. The highest BCUT2D eigenvalue weighted by atomic mass is 16.5. The SMILES string of the molecule is O=C(c1ccccc1)c1ccc(OC(=O)C(c2ccccc2)c2ccccc2)cc1. The van der Waals surface area contributed by atoms with Crippen LogP contribution < -0.4 is 4.74 Å². The average Bonchev–Trinajstić information content (AvgIpc) is 2.81. The number of esters is 1. The van der Waals surface area contributed by atoms with Crippen molar-refractivity contribution in [2.24, 2.45) is 0 Å². The molecule has 0 aliphatic heterocycles. The topological polar surface area (TPSA) is 43.4 Å². The molecule has 0 saturated carbocycles. The third kappa shape index (κ3) is 4.36. The van der Waals surface area contributed by atoms with Gasteiger partial charge in [-0.1, -0.05) is 91.0 Å². The Balaban J connectivity index is 1.55. The van der Waals surface area contributed by atoms with E-state index < -0.39 is 5.92 Å². The largest absolute Gasteiger partial charge is 0.426 e. The van der Waals surface area contributed by atoms with Crippen molar-refractivity contribution in [1.82, 2.24) is 0 Å². The highest BCUT2D eigenvalue weighted by Crippen LogP contribution is 2.27. The Morgan fingerprint density at radius 1 is 0.533 bits per heavy atom. The molecule has 4 aromatic rings. The number of carbonyl (C=O) groups excluding carboxylic acids is 2. The van der Waals surface area contributed by atoms with Gasteiger partial charge in [-0.05, 0) is 35.4 Å². The smallest absolute Gasteiger partial charge is 0.323 e. The van der Waals surface area contributed by atoms with E-state index in [4.69, 9.17) is 4.74 Å². The van der Waals surface area contributed by atoms with Crippen molar-refractivity contribution < 1.29 is 14.3 Å². The van der Waals surface area contributed by atoms with Gasteiger partial charge >= 0.3 is 5.97 Å². The van der Waals surface area contributed by atoms with Crippen LogP contribution in [0.15, 0.2) is 115 Å². The normalized spacial score (nSPS) is 10.6. The molecule has 0 N–H and O–H groups in total. The molecular weight excluding hydrogens is 372 g/mol. The molecule has 0 spiro atoms. The quantitative estimate of drug-likeness (QED) is 0.242. The van der Waals surface area contributed by atoms with Crippen LogP contribution in [0.2, 0.25) is 0 Å². The monoisotopic (exact) mass is 392 g/mol. The number of benzene rings is 4. The van der Waals surface area contributed by atoms with E-state index in [0.717, 1.165) is 11.1 Å². The Morgan fingerprint density at radius 3 is 1.47 bits per heavy atom. The Morgan fingerprint density at radius 2 is 0.967 bits per heavy atom. The summed E-state index contributed by atoms with van der Waals surface area (Å²) in [4.78, 5) is 25.6. The van der Waals surface area contributed by atoms with Crippen molar-refractivity contribution >= 4 is 11.8 Å². The van der Waals surface area contributed by atoms with E-state index in [1.807, 2.05) is 78.9 Å². The van der Waals surface area contributed by atoms with Gasteiger partial charge in [-0.25, -0.2) is 0 Å². The van der Waals surface area contributed by atoms with Crippen LogP contribution in [0.1, 0.15) is 33.0 Å². The van der Waals surface area contributed by atoms with Gasteiger partial charge in [0, 0.05) is 11.1 Å². The first kappa shape index (κ1) is 19.3. The Hall–Kier alpha value is -3.98. The molecule has 0 atom stereocenters. The Kier molecular flexibility index (Phi) is 5.81. The molecule has 4 aromatic carbocycles. The third-order valence-electron chi connectivity index (χ3n) is 4.87. The zero-order valence-electron chi connectivity index (χ0n) is 16.3. The number of ether oxygens (including phenoxy) is 1. The van der Waals surface area contributed by atoms with Crippen molar-refractivity contribution in [2.45, 2.75) is 5.92 Å². The zero-order valence-corrected chi connectivity index (χ0v) is 16.3. The second-order valence-electron chi connectivity index (χ2n) is 6.90. The molecule has 0 fully saturated rings. The summed E-state index contributed by atoms with van der Waals surface area (Å²) < 4.78 is 5.68. The molecule has 0 radical (unpaired) electrons. The van der Waals surface area contributed by atoms with Gasteiger partial charge < -0.3 is 4.74 Å². The van der Waals surface area contributed by atoms with Crippen LogP contribution in [0, 0.1) is 0 Å². The lowest BCUT2D eigenvalue weighted by atomic mass is 9.91. The van der Waals surface area contributed by atoms with E-state index in [1.54, 1.807) is 36.4 Å². The zero-order chi connectivity index (χ0) is 20.8. The fourth-order valence-corrected chi connectivity index (χ4v) is 3.36. The van der Waals surface area contributed by atoms with Gasteiger partial charge in [0.2, 0.25) is 0 Å². The van der Waals surface area contributed by atoms with Crippen LogP contribution >= 0.6 is 0 Å². The first-order valence-corrected chi connectivity index (χ1v) is 9.74. The molecule has 0 heterocycles. The van der Waals surface area contributed by atoms with E-state index >= 15 is 0 Å². The lowest BCUT2D eigenvalue weighted by molar-refractivity contribution is -0.135. The summed E-state index contributed by atoms with van der Waals surface area (Å²) in [7, 11) is 0. The molecular formula is C27H20O3. The van der Waals surface area contributed by atoms with Crippen LogP contribution in [0.25, 0.3) is 0 Å². The van der Waals surface area contributed by atoms with Crippen LogP contribution in [-0.2, 0) is 4.79 Å². The van der Waals surface area contributed by atoms with Crippen LogP contribution in [0.4, 0.5) is 0 Å². The number of hydrogen-bond donors (Lipinski definition) is 0. The van der Waals surface area contributed by atoms with Crippen molar-refractivity contribution in [3.05, 3.63) is 138 Å². The summed E-state index contributed by atoms with van der Waals surface area (Å²) in [5.41, 5.74) is 2.90. The summed E-state index contributed by atoms with van der Waals surface area (Å²) in [6.07, 6.45) is 0. The van der Waals surface area contributed by atoms with Crippen molar-refractivity contribution in [1.29, 1.82) is 0 Å². The van der Waals surface area contributed by atoms with Gasteiger partial charge in [0.25, 0.3) is 0 Å². The summed E-state index contributed by atoms with van der Waals surface area (Å²) in [5, 5.41) is 0. The molecule has 0 unspecified atom stereocenters. The molecule has 0 aliphatic carbocycles. The lowest BCUT2D eigenvalue weighted by Crippen LogP contribution is -2.20. The lowest BCUT2D eigenvalue weighted by Gasteiger charge is -2.17. The fourth-order valence-electron chi connectivity index (χ4n) is 3.36. The number of rotatable bonds is 6. The second-order valence-corrected chi connectivity index (χ2v) is 6.90. The number of hydrogen-bond acceptors (Lipinski definition) is 3. The predicted octanol–water partition coefficient (Wildman–Crippen LogP) is 5.66. The summed E-state index contributed by atoms with van der Waals surface area (Å²) in [5.74, 6) is -0.561. The minimum atomic E-state index is -0.530.